The van der Waals surface area contributed by atoms with Gasteiger partial charge < -0.3 is 0 Å². The van der Waals surface area contributed by atoms with Crippen LogP contribution in [0.3, 0.4) is 0 Å². The summed E-state index contributed by atoms with van der Waals surface area (Å²) in [5, 5.41) is 0. The van der Waals surface area contributed by atoms with Crippen molar-refractivity contribution in [3.05, 3.63) is 35.9 Å². The molecule has 116 valence electrons. The summed E-state index contributed by atoms with van der Waals surface area (Å²) in [5.74, 6) is 5.23. The number of piperazine rings is 1. The maximum absolute atomic E-state index is 12.2. The molecule has 0 spiro atoms. The van der Waals surface area contributed by atoms with Crippen molar-refractivity contribution in [3.8, 4) is 0 Å². The van der Waals surface area contributed by atoms with E-state index < -0.39 is 0 Å². The van der Waals surface area contributed by atoms with Crippen molar-refractivity contribution in [2.45, 2.75) is 32.4 Å². The Balaban J connectivity index is 2.12. The lowest BCUT2D eigenvalue weighted by molar-refractivity contribution is -0.127. The van der Waals surface area contributed by atoms with E-state index in [-0.39, 0.29) is 17.5 Å². The number of benzene rings is 1. The highest BCUT2D eigenvalue weighted by atomic mass is 16.2. The Morgan fingerprint density at radius 3 is 2.19 bits per heavy atom. The fraction of sp³-hybridized carbons (Fsp3) is 0.562. The fourth-order valence-electron chi connectivity index (χ4n) is 2.89. The molecule has 1 fully saturated rings. The Kier molecular flexibility index (Phi) is 4.98. The molecule has 2 rings (SSSR count). The molecule has 1 saturated heterocycles. The van der Waals surface area contributed by atoms with Gasteiger partial charge in [0.05, 0.1) is 0 Å². The summed E-state index contributed by atoms with van der Waals surface area (Å²) in [5.41, 5.74) is 3.47. The molecule has 5 heteroatoms. The zero-order chi connectivity index (χ0) is 15.5. The molecule has 0 aliphatic carbocycles. The van der Waals surface area contributed by atoms with E-state index in [2.05, 4.69) is 36.0 Å². The number of rotatable bonds is 3. The minimum atomic E-state index is -0.307. The summed E-state index contributed by atoms with van der Waals surface area (Å²) in [6.07, 6.45) is 0. The number of amides is 1. The molecular formula is C16H26N4O. The summed E-state index contributed by atoms with van der Waals surface area (Å²) in [4.78, 5) is 16.9. The van der Waals surface area contributed by atoms with E-state index in [0.717, 1.165) is 31.7 Å². The van der Waals surface area contributed by atoms with Gasteiger partial charge in [-0.25, -0.2) is 5.84 Å². The van der Waals surface area contributed by atoms with Gasteiger partial charge in [0, 0.05) is 31.7 Å². The molecule has 1 aliphatic rings. The largest absolute Gasteiger partial charge is 0.296 e. The summed E-state index contributed by atoms with van der Waals surface area (Å²) in [6.45, 7) is 10.3. The third kappa shape index (κ3) is 3.81. The molecule has 1 heterocycles. The Labute approximate surface area is 127 Å². The number of hydrazine groups is 1. The minimum absolute atomic E-state index is 0.148. The van der Waals surface area contributed by atoms with Crippen LogP contribution in [0.25, 0.3) is 0 Å². The van der Waals surface area contributed by atoms with Crippen LogP contribution in [0.4, 0.5) is 0 Å². The van der Waals surface area contributed by atoms with Crippen molar-refractivity contribution in [1.29, 1.82) is 0 Å². The first kappa shape index (κ1) is 15.9. The second-order valence-corrected chi connectivity index (χ2v) is 6.52. The van der Waals surface area contributed by atoms with Crippen molar-refractivity contribution in [1.82, 2.24) is 15.2 Å². The maximum atomic E-state index is 12.2. The van der Waals surface area contributed by atoms with Crippen LogP contribution in [0.2, 0.25) is 0 Å². The van der Waals surface area contributed by atoms with E-state index in [0.29, 0.717) is 0 Å². The monoisotopic (exact) mass is 290 g/mol. The van der Waals surface area contributed by atoms with Crippen molar-refractivity contribution in [2.24, 2.45) is 5.84 Å². The normalized spacial score (nSPS) is 19.2. The number of hydrogen-bond acceptors (Lipinski definition) is 4. The van der Waals surface area contributed by atoms with E-state index in [1.807, 2.05) is 30.3 Å². The summed E-state index contributed by atoms with van der Waals surface area (Å²) < 4.78 is 0. The number of carbonyl (C=O) groups excluding carboxylic acids is 1. The van der Waals surface area contributed by atoms with Gasteiger partial charge in [0.2, 0.25) is 0 Å². The summed E-state index contributed by atoms with van der Waals surface area (Å²) in [6, 6.07) is 9.53. The van der Waals surface area contributed by atoms with Crippen LogP contribution in [0.15, 0.2) is 30.3 Å². The first-order valence-corrected chi connectivity index (χ1v) is 7.48. The molecule has 1 aliphatic heterocycles. The average Bonchev–Trinajstić information content (AvgIpc) is 2.48. The van der Waals surface area contributed by atoms with E-state index in [4.69, 9.17) is 5.84 Å². The third-order valence-electron chi connectivity index (χ3n) is 4.13. The summed E-state index contributed by atoms with van der Waals surface area (Å²) >= 11 is 0. The van der Waals surface area contributed by atoms with Crippen molar-refractivity contribution >= 4 is 5.91 Å². The number of nitrogens with zero attached hydrogens (tertiary/aromatic N) is 2. The number of carbonyl (C=O) groups is 1. The second kappa shape index (κ2) is 6.56. The Morgan fingerprint density at radius 2 is 1.71 bits per heavy atom. The van der Waals surface area contributed by atoms with Crippen LogP contribution in [-0.2, 0) is 4.79 Å². The van der Waals surface area contributed by atoms with Crippen molar-refractivity contribution in [2.75, 3.05) is 26.2 Å². The van der Waals surface area contributed by atoms with Crippen LogP contribution >= 0.6 is 0 Å². The van der Waals surface area contributed by atoms with E-state index in [1.165, 1.54) is 0 Å². The first-order chi connectivity index (χ1) is 9.93. The maximum Gasteiger partial charge on any atom is 0.255 e. The van der Waals surface area contributed by atoms with E-state index in [1.54, 1.807) is 0 Å². The fourth-order valence-corrected chi connectivity index (χ4v) is 2.89. The number of nitrogens with two attached hydrogens (primary N) is 1. The third-order valence-corrected chi connectivity index (χ3v) is 4.13. The molecule has 5 nitrogen and oxygen atoms in total. The topological polar surface area (TPSA) is 61.6 Å². The zero-order valence-corrected chi connectivity index (χ0v) is 13.2. The van der Waals surface area contributed by atoms with E-state index >= 15 is 0 Å². The van der Waals surface area contributed by atoms with Gasteiger partial charge in [0.1, 0.15) is 6.04 Å². The highest BCUT2D eigenvalue weighted by Gasteiger charge is 2.32. The van der Waals surface area contributed by atoms with Crippen LogP contribution in [0, 0.1) is 0 Å². The molecule has 1 aromatic rings. The first-order valence-electron chi connectivity index (χ1n) is 7.48. The lowest BCUT2D eigenvalue weighted by atomic mass is 10.0. The SMILES string of the molecule is CC(C)(C)N1CCN(C(C(=O)NN)c2ccccc2)CC1. The quantitative estimate of drug-likeness (QED) is 0.498. The predicted octanol–water partition coefficient (Wildman–Crippen LogP) is 1.13. The molecule has 1 aromatic carbocycles. The average molecular weight is 290 g/mol. The number of hydrogen-bond donors (Lipinski definition) is 2. The van der Waals surface area contributed by atoms with Crippen LogP contribution in [0.1, 0.15) is 32.4 Å². The molecular weight excluding hydrogens is 264 g/mol. The Morgan fingerprint density at radius 1 is 1.14 bits per heavy atom. The van der Waals surface area contributed by atoms with Gasteiger partial charge in [-0.05, 0) is 26.3 Å². The molecule has 21 heavy (non-hydrogen) atoms. The van der Waals surface area contributed by atoms with Crippen LogP contribution in [0.5, 0.6) is 0 Å². The molecule has 3 N–H and O–H groups in total. The van der Waals surface area contributed by atoms with E-state index in [9.17, 15) is 4.79 Å². The Bertz CT molecular complexity index is 461. The van der Waals surface area contributed by atoms with Gasteiger partial charge in [0.25, 0.3) is 5.91 Å². The number of nitrogens with one attached hydrogen (secondary N) is 1. The molecule has 0 saturated carbocycles. The molecule has 0 radical (unpaired) electrons. The highest BCUT2D eigenvalue weighted by Crippen LogP contribution is 2.24. The van der Waals surface area contributed by atoms with Crippen LogP contribution in [-0.4, -0.2) is 47.4 Å². The lowest BCUT2D eigenvalue weighted by Gasteiger charge is -2.44. The lowest BCUT2D eigenvalue weighted by Crippen LogP contribution is -2.56. The second-order valence-electron chi connectivity index (χ2n) is 6.52. The van der Waals surface area contributed by atoms with Gasteiger partial charge in [-0.2, -0.15) is 0 Å². The molecule has 1 unspecified atom stereocenters. The molecule has 1 amide bonds. The van der Waals surface area contributed by atoms with Crippen molar-refractivity contribution in [3.63, 3.8) is 0 Å². The van der Waals surface area contributed by atoms with Gasteiger partial charge >= 0.3 is 0 Å². The molecule has 0 aromatic heterocycles. The highest BCUT2D eigenvalue weighted by molar-refractivity contribution is 5.82. The Hall–Kier alpha value is -1.43. The minimum Gasteiger partial charge on any atom is -0.296 e. The molecule has 0 bridgehead atoms. The van der Waals surface area contributed by atoms with Crippen LogP contribution < -0.4 is 11.3 Å². The summed E-state index contributed by atoms with van der Waals surface area (Å²) in [7, 11) is 0. The smallest absolute Gasteiger partial charge is 0.255 e. The zero-order valence-electron chi connectivity index (χ0n) is 13.2. The van der Waals surface area contributed by atoms with Gasteiger partial charge in [0.15, 0.2) is 0 Å². The van der Waals surface area contributed by atoms with Crippen molar-refractivity contribution < 1.29 is 4.79 Å². The molecule has 1 atom stereocenters. The standard InChI is InChI=1S/C16H26N4O/c1-16(2,3)20-11-9-19(10-12-20)14(15(21)18-17)13-7-5-4-6-8-13/h4-8,14H,9-12,17H2,1-3H3,(H,18,21). The predicted molar refractivity (Wildman–Crippen MR) is 84.4 cm³/mol. The van der Waals surface area contributed by atoms with Gasteiger partial charge in [-0.3, -0.25) is 20.0 Å². The van der Waals surface area contributed by atoms with Gasteiger partial charge in [-0.1, -0.05) is 30.3 Å². The van der Waals surface area contributed by atoms with Gasteiger partial charge in [-0.15, -0.1) is 0 Å².